The van der Waals surface area contributed by atoms with Gasteiger partial charge in [0.05, 0.1) is 6.20 Å². The highest BCUT2D eigenvalue weighted by molar-refractivity contribution is 5.21. The minimum absolute atomic E-state index is 0.355. The van der Waals surface area contributed by atoms with Gasteiger partial charge in [0, 0.05) is 5.69 Å². The molecule has 0 amide bonds. The van der Waals surface area contributed by atoms with Crippen LogP contribution >= 0.6 is 0 Å². The number of pyridine rings is 1. The van der Waals surface area contributed by atoms with E-state index >= 15 is 0 Å². The van der Waals surface area contributed by atoms with E-state index in [1.807, 2.05) is 12.3 Å². The van der Waals surface area contributed by atoms with Crippen LogP contribution in [0.15, 0.2) is 18.3 Å². The lowest BCUT2D eigenvalue weighted by molar-refractivity contribution is 0.162. The van der Waals surface area contributed by atoms with Crippen LogP contribution in [0.5, 0.6) is 5.75 Å². The fourth-order valence-electron chi connectivity index (χ4n) is 1.91. The van der Waals surface area contributed by atoms with E-state index < -0.39 is 0 Å². The smallest absolute Gasteiger partial charge is 0.138 e. The molecule has 1 aromatic heterocycles. The number of rotatable bonds is 3. The number of hydrogen-bond acceptors (Lipinski definition) is 3. The summed E-state index contributed by atoms with van der Waals surface area (Å²) >= 11 is 0. The van der Waals surface area contributed by atoms with E-state index in [0.717, 1.165) is 37.4 Å². The second kappa shape index (κ2) is 5.30. The van der Waals surface area contributed by atoms with Crippen molar-refractivity contribution in [1.82, 2.24) is 10.3 Å². The zero-order valence-corrected chi connectivity index (χ0v) is 10.1. The average Bonchev–Trinajstić information content (AvgIpc) is 2.31. The maximum atomic E-state index is 5.89. The first-order valence-electron chi connectivity index (χ1n) is 6.09. The van der Waals surface area contributed by atoms with Gasteiger partial charge in [-0.15, -0.1) is 0 Å². The molecule has 16 heavy (non-hydrogen) atoms. The molecule has 0 spiro atoms. The maximum Gasteiger partial charge on any atom is 0.138 e. The summed E-state index contributed by atoms with van der Waals surface area (Å²) in [5.74, 6) is 1.38. The Morgan fingerprint density at radius 2 is 2.06 bits per heavy atom. The minimum atomic E-state index is 0.355. The summed E-state index contributed by atoms with van der Waals surface area (Å²) in [6, 6.07) is 4.09. The summed E-state index contributed by atoms with van der Waals surface area (Å²) in [7, 11) is 0. The maximum absolute atomic E-state index is 5.89. The van der Waals surface area contributed by atoms with Gasteiger partial charge in [0.25, 0.3) is 0 Å². The van der Waals surface area contributed by atoms with Crippen molar-refractivity contribution in [2.45, 2.75) is 38.7 Å². The van der Waals surface area contributed by atoms with Gasteiger partial charge in [0.1, 0.15) is 11.9 Å². The first-order valence-corrected chi connectivity index (χ1v) is 6.09. The predicted octanol–water partition coefficient (Wildman–Crippen LogP) is 2.34. The van der Waals surface area contributed by atoms with E-state index in [-0.39, 0.29) is 0 Å². The topological polar surface area (TPSA) is 34.1 Å². The Morgan fingerprint density at radius 1 is 1.31 bits per heavy atom. The Labute approximate surface area is 97.2 Å². The molecule has 1 aromatic rings. The number of aromatic nitrogens is 1. The van der Waals surface area contributed by atoms with Crippen molar-refractivity contribution in [3.05, 3.63) is 24.0 Å². The van der Waals surface area contributed by atoms with Crippen LogP contribution in [0.1, 0.15) is 38.3 Å². The largest absolute Gasteiger partial charge is 0.489 e. The van der Waals surface area contributed by atoms with Crippen molar-refractivity contribution < 1.29 is 4.74 Å². The Morgan fingerprint density at radius 3 is 2.62 bits per heavy atom. The van der Waals surface area contributed by atoms with Crippen LogP contribution < -0.4 is 10.1 Å². The fraction of sp³-hybridized carbons (Fsp3) is 0.615. The third-order valence-electron chi connectivity index (χ3n) is 2.94. The zero-order valence-electron chi connectivity index (χ0n) is 10.1. The molecule has 2 rings (SSSR count). The fourth-order valence-corrected chi connectivity index (χ4v) is 1.91. The van der Waals surface area contributed by atoms with Crippen LogP contribution in [0.2, 0.25) is 0 Å². The van der Waals surface area contributed by atoms with Crippen molar-refractivity contribution in [3.63, 3.8) is 0 Å². The van der Waals surface area contributed by atoms with Crippen molar-refractivity contribution in [3.8, 4) is 5.75 Å². The molecule has 1 saturated heterocycles. The number of nitrogens with zero attached hydrogens (tertiary/aromatic N) is 1. The molecule has 1 fully saturated rings. The average molecular weight is 220 g/mol. The first kappa shape index (κ1) is 11.4. The summed E-state index contributed by atoms with van der Waals surface area (Å²) in [4.78, 5) is 4.40. The summed E-state index contributed by atoms with van der Waals surface area (Å²) in [5.41, 5.74) is 1.12. The number of nitrogens with one attached hydrogen (secondary N) is 1. The highest BCUT2D eigenvalue weighted by Crippen LogP contribution is 2.18. The van der Waals surface area contributed by atoms with Gasteiger partial charge in [-0.2, -0.15) is 0 Å². The molecule has 0 saturated carbocycles. The molecular weight excluding hydrogens is 200 g/mol. The van der Waals surface area contributed by atoms with Crippen LogP contribution in [0.25, 0.3) is 0 Å². The molecule has 3 heteroatoms. The van der Waals surface area contributed by atoms with E-state index in [0.29, 0.717) is 12.0 Å². The van der Waals surface area contributed by atoms with Crippen molar-refractivity contribution in [2.24, 2.45) is 0 Å². The van der Waals surface area contributed by atoms with E-state index in [1.165, 1.54) is 0 Å². The van der Waals surface area contributed by atoms with Gasteiger partial charge in [-0.3, -0.25) is 4.98 Å². The monoisotopic (exact) mass is 220 g/mol. The lowest BCUT2D eigenvalue weighted by Crippen LogP contribution is -2.34. The molecule has 88 valence electrons. The quantitative estimate of drug-likeness (QED) is 0.849. The molecule has 1 N–H and O–H groups in total. The summed E-state index contributed by atoms with van der Waals surface area (Å²) in [6.07, 6.45) is 4.38. The third kappa shape index (κ3) is 2.95. The molecule has 2 heterocycles. The van der Waals surface area contributed by atoms with Gasteiger partial charge in [-0.25, -0.2) is 0 Å². The second-order valence-corrected chi connectivity index (χ2v) is 4.64. The van der Waals surface area contributed by atoms with E-state index in [1.54, 1.807) is 0 Å². The van der Waals surface area contributed by atoms with Gasteiger partial charge in [0.15, 0.2) is 0 Å². The molecule has 0 unspecified atom stereocenters. The molecule has 1 aliphatic heterocycles. The zero-order chi connectivity index (χ0) is 11.4. The molecular formula is C13H20N2O. The normalized spacial score (nSPS) is 17.7. The minimum Gasteiger partial charge on any atom is -0.489 e. The van der Waals surface area contributed by atoms with Gasteiger partial charge < -0.3 is 10.1 Å². The van der Waals surface area contributed by atoms with Gasteiger partial charge in [-0.1, -0.05) is 13.8 Å². The first-order chi connectivity index (χ1) is 7.75. The Hall–Kier alpha value is -1.09. The molecule has 0 atom stereocenters. The van der Waals surface area contributed by atoms with Crippen molar-refractivity contribution in [2.75, 3.05) is 13.1 Å². The van der Waals surface area contributed by atoms with Gasteiger partial charge in [-0.05, 0) is 44.0 Å². The van der Waals surface area contributed by atoms with Gasteiger partial charge in [0.2, 0.25) is 0 Å². The predicted molar refractivity (Wildman–Crippen MR) is 64.8 cm³/mol. The number of piperidine rings is 1. The molecule has 0 aromatic carbocycles. The van der Waals surface area contributed by atoms with E-state index in [4.69, 9.17) is 4.74 Å². The lowest BCUT2D eigenvalue weighted by atomic mass is 10.1. The Balaban J connectivity index is 1.93. The molecule has 1 aliphatic rings. The molecule has 0 radical (unpaired) electrons. The summed E-state index contributed by atoms with van der Waals surface area (Å²) < 4.78 is 5.89. The SMILES string of the molecule is CC(C)c1ccc(OC2CCNCC2)cn1. The van der Waals surface area contributed by atoms with Crippen molar-refractivity contribution in [1.29, 1.82) is 0 Å². The van der Waals surface area contributed by atoms with Crippen LogP contribution in [0.3, 0.4) is 0 Å². The third-order valence-corrected chi connectivity index (χ3v) is 2.94. The molecule has 0 bridgehead atoms. The van der Waals surface area contributed by atoms with Crippen LogP contribution in [-0.4, -0.2) is 24.2 Å². The highest BCUT2D eigenvalue weighted by atomic mass is 16.5. The summed E-state index contributed by atoms with van der Waals surface area (Å²) in [6.45, 7) is 6.41. The molecule has 3 nitrogen and oxygen atoms in total. The van der Waals surface area contributed by atoms with Gasteiger partial charge >= 0.3 is 0 Å². The number of ether oxygens (including phenoxy) is 1. The van der Waals surface area contributed by atoms with Crippen LogP contribution in [-0.2, 0) is 0 Å². The number of hydrogen-bond donors (Lipinski definition) is 1. The summed E-state index contributed by atoms with van der Waals surface area (Å²) in [5, 5.41) is 3.33. The second-order valence-electron chi connectivity index (χ2n) is 4.64. The highest BCUT2D eigenvalue weighted by Gasteiger charge is 2.14. The van der Waals surface area contributed by atoms with Crippen molar-refractivity contribution >= 4 is 0 Å². The Bertz CT molecular complexity index is 315. The van der Waals surface area contributed by atoms with E-state index in [2.05, 4.69) is 30.2 Å². The van der Waals surface area contributed by atoms with E-state index in [9.17, 15) is 0 Å². The standard InChI is InChI=1S/C13H20N2O/c1-10(2)13-4-3-12(9-15-13)16-11-5-7-14-8-6-11/h3-4,9-11,14H,5-8H2,1-2H3. The lowest BCUT2D eigenvalue weighted by Gasteiger charge is -2.23. The van der Waals surface area contributed by atoms with Crippen LogP contribution in [0, 0.1) is 0 Å². The Kier molecular flexibility index (Phi) is 3.78. The molecule has 0 aliphatic carbocycles. The van der Waals surface area contributed by atoms with Crippen LogP contribution in [0.4, 0.5) is 0 Å².